The Balaban J connectivity index is 0. The molecule has 3 heterocycles. The zero-order valence-electron chi connectivity index (χ0n) is 58.1. The SMILES string of the molecule is C.C.C.C.C=C/C(OC)=C(\C=C)B(O)O.C=C/C=c1/c(/C(=C/C)C(=C)OC)c(S(C)=O)ccc1=C.C=C/C=c1/c(/C(=C/C)C(=C)OC)c(SC)ccc1=C.C=C/C=c1/c(C)c(SC)ccc1=C.C=C/C=c1\c(=C)ccc2sc(=C)/c(=C(\C)O)c12.C=CC1=c2c(=C)ccc3sc(=C)c(c23)=C(C)S1. The number of allylic oxidation sites excluding steroid dienone is 11. The van der Waals surface area contributed by atoms with Gasteiger partial charge in [0, 0.05) is 98.5 Å². The highest BCUT2D eigenvalue weighted by molar-refractivity contribution is 8.16. The Labute approximate surface area is 626 Å². The van der Waals surface area contributed by atoms with E-state index in [9.17, 15) is 9.32 Å². The number of fused-ring (bicyclic) bond motifs is 1. The lowest BCUT2D eigenvalue weighted by Crippen LogP contribution is -2.34. The fourth-order valence-corrected chi connectivity index (χ4v) is 15.6. The number of hydrogen-bond donors (Lipinski definition) is 3. The molecule has 14 heteroatoms. The van der Waals surface area contributed by atoms with Crippen molar-refractivity contribution in [2.24, 2.45) is 0 Å². The maximum Gasteiger partial charge on any atom is 0.492 e. The number of aliphatic hydroxyl groups excluding tert-OH is 1. The van der Waals surface area contributed by atoms with Crippen LogP contribution in [0.2, 0.25) is 0 Å². The molecule has 0 saturated carbocycles. The quantitative estimate of drug-likeness (QED) is 0.0333. The molecule has 2 aromatic heterocycles. The molecule has 0 spiro atoms. The van der Waals surface area contributed by atoms with E-state index in [0.717, 1.165) is 93.3 Å². The lowest BCUT2D eigenvalue weighted by Gasteiger charge is -2.14. The number of methoxy groups -OCH3 is 3. The molecule has 3 N–H and O–H groups in total. The molecule has 5 aromatic carbocycles. The smallest absolute Gasteiger partial charge is 0.492 e. The summed E-state index contributed by atoms with van der Waals surface area (Å²) < 4.78 is 31.8. The molecule has 0 saturated heterocycles. The maximum absolute atomic E-state index is 12.0. The van der Waals surface area contributed by atoms with Crippen LogP contribution in [-0.4, -0.2) is 66.6 Å². The van der Waals surface area contributed by atoms with Gasteiger partial charge in [0.2, 0.25) is 0 Å². The summed E-state index contributed by atoms with van der Waals surface area (Å²) in [5.41, 5.74) is 5.26. The molecule has 0 aliphatic carbocycles. The first kappa shape index (κ1) is 94.5. The molecule has 0 radical (unpaired) electrons. The van der Waals surface area contributed by atoms with Crippen LogP contribution in [0.15, 0.2) is 212 Å². The van der Waals surface area contributed by atoms with Crippen LogP contribution in [0, 0.1) is 6.92 Å². The highest BCUT2D eigenvalue weighted by Crippen LogP contribution is 2.30. The number of hydrogen-bond acceptors (Lipinski definition) is 12. The van der Waals surface area contributed by atoms with Gasteiger partial charge in [0.05, 0.1) is 37.9 Å². The summed E-state index contributed by atoms with van der Waals surface area (Å²) in [5.74, 6) is 1.80. The van der Waals surface area contributed by atoms with Gasteiger partial charge in [0.1, 0.15) is 17.3 Å². The first-order valence-electron chi connectivity index (χ1n) is 30.0. The Morgan fingerprint density at radius 2 is 0.980 bits per heavy atom. The Morgan fingerprint density at radius 3 is 1.41 bits per heavy atom. The molecule has 0 amide bonds. The molecular formula is C87H107BO7S6. The fraction of sp³-hybridized carbons (Fsp3) is 0.172. The van der Waals surface area contributed by atoms with Crippen molar-refractivity contribution in [2.45, 2.75) is 79.0 Å². The minimum Gasteiger partial charge on any atom is -0.512 e. The van der Waals surface area contributed by atoms with Crippen LogP contribution in [0.1, 0.15) is 74.1 Å². The first-order chi connectivity index (χ1) is 46.1. The third kappa shape index (κ3) is 23.5. The van der Waals surface area contributed by atoms with Gasteiger partial charge in [-0.05, 0) is 141 Å². The highest BCUT2D eigenvalue weighted by Gasteiger charge is 2.18. The summed E-state index contributed by atoms with van der Waals surface area (Å²) in [4.78, 5) is 5.74. The average Bonchev–Trinajstić information content (AvgIpc) is 1.64. The Kier molecular flexibility index (Phi) is 43.1. The number of thioether (sulfide) groups is 3. The molecule has 1 atom stereocenters. The molecule has 101 heavy (non-hydrogen) atoms. The van der Waals surface area contributed by atoms with Gasteiger partial charge in [0.25, 0.3) is 0 Å². The van der Waals surface area contributed by atoms with Gasteiger partial charge in [0.15, 0.2) is 0 Å². The molecule has 0 fully saturated rings. The fourth-order valence-electron chi connectivity index (χ4n) is 10.3. The summed E-state index contributed by atoms with van der Waals surface area (Å²) in [7, 11) is 1.93. The van der Waals surface area contributed by atoms with E-state index in [-0.39, 0.29) is 35.2 Å². The number of rotatable bonds is 18. The van der Waals surface area contributed by atoms with Gasteiger partial charge < -0.3 is 29.4 Å². The molecule has 0 bridgehead atoms. The van der Waals surface area contributed by atoms with Crippen molar-refractivity contribution >= 4 is 193 Å². The second-order valence-corrected chi connectivity index (χ2v) is 27.4. The van der Waals surface area contributed by atoms with Crippen molar-refractivity contribution in [3.8, 4) is 0 Å². The van der Waals surface area contributed by atoms with Gasteiger partial charge >= 0.3 is 7.12 Å². The van der Waals surface area contributed by atoms with Crippen LogP contribution in [0.3, 0.4) is 0 Å². The van der Waals surface area contributed by atoms with Crippen molar-refractivity contribution in [2.75, 3.05) is 40.1 Å². The number of aliphatic hydroxyl groups is 1. The predicted molar refractivity (Wildman–Crippen MR) is 469 cm³/mol. The zero-order chi connectivity index (χ0) is 73.1. The summed E-state index contributed by atoms with van der Waals surface area (Å²) in [6.45, 7) is 71.8. The molecule has 1 aliphatic rings. The predicted octanol–water partition coefficient (Wildman–Crippen LogP) is 13.9. The van der Waals surface area contributed by atoms with E-state index in [1.54, 1.807) is 110 Å². The normalized spacial score (nSPS) is 12.6. The van der Waals surface area contributed by atoms with Crippen molar-refractivity contribution in [1.29, 1.82) is 0 Å². The van der Waals surface area contributed by atoms with E-state index in [4.69, 9.17) is 24.3 Å². The first-order valence-corrected chi connectivity index (χ1v) is 36.5. The molecule has 1 aliphatic heterocycles. The van der Waals surface area contributed by atoms with Gasteiger partial charge in [-0.3, -0.25) is 4.21 Å². The molecule has 7 nitrogen and oxygen atoms in total. The van der Waals surface area contributed by atoms with E-state index in [1.807, 2.05) is 92.8 Å². The van der Waals surface area contributed by atoms with E-state index in [2.05, 4.69) is 156 Å². The van der Waals surface area contributed by atoms with E-state index >= 15 is 0 Å². The third-order valence-corrected chi connectivity index (χ3v) is 20.7. The lowest BCUT2D eigenvalue weighted by atomic mass is 9.78. The molecule has 536 valence electrons. The molecule has 7 aromatic rings. The maximum atomic E-state index is 12.0. The van der Waals surface area contributed by atoms with Crippen molar-refractivity contribution < 1.29 is 33.6 Å². The number of ether oxygens (including phenoxy) is 3. The highest BCUT2D eigenvalue weighted by atomic mass is 32.2. The minimum atomic E-state index is -1.57. The van der Waals surface area contributed by atoms with Crippen LogP contribution >= 0.6 is 58.0 Å². The van der Waals surface area contributed by atoms with Gasteiger partial charge in [-0.2, -0.15) is 0 Å². The topological polar surface area (TPSA) is 105 Å². The average molecular weight is 1470 g/mol. The van der Waals surface area contributed by atoms with Gasteiger partial charge in [-0.1, -0.05) is 250 Å². The van der Waals surface area contributed by atoms with Gasteiger partial charge in [-0.25, -0.2) is 0 Å². The Hall–Kier alpha value is -8.54. The van der Waals surface area contributed by atoms with Crippen molar-refractivity contribution in [1.82, 2.24) is 0 Å². The summed E-state index contributed by atoms with van der Waals surface area (Å²) in [5, 5.41) is 42.0. The summed E-state index contributed by atoms with van der Waals surface area (Å²) in [6, 6.07) is 20.2. The van der Waals surface area contributed by atoms with E-state index < -0.39 is 17.9 Å². The zero-order valence-corrected chi connectivity index (χ0v) is 63.0. The van der Waals surface area contributed by atoms with E-state index in [1.165, 1.54) is 70.2 Å². The third-order valence-electron chi connectivity index (χ3n) is 14.9. The largest absolute Gasteiger partial charge is 0.512 e. The Bertz CT molecular complexity index is 5180. The molecule has 8 rings (SSSR count). The van der Waals surface area contributed by atoms with Crippen molar-refractivity contribution in [3.05, 3.63) is 286 Å². The van der Waals surface area contributed by atoms with Crippen LogP contribution in [0.25, 0.3) is 117 Å². The second kappa shape index (κ2) is 46.1. The van der Waals surface area contributed by atoms with Gasteiger partial charge in [-0.15, -0.1) is 46.2 Å². The van der Waals surface area contributed by atoms with Crippen LogP contribution in [-0.2, 0) is 25.0 Å². The Morgan fingerprint density at radius 1 is 0.554 bits per heavy atom. The lowest BCUT2D eigenvalue weighted by molar-refractivity contribution is 0.302. The minimum absolute atomic E-state index is 0. The molecule has 1 unspecified atom stereocenters. The standard InChI is InChI=1S/C17H20O2S.C17H20OS.C15H14OS.C15H12S2.C12H14S.C7H11BO3.4CH4/c1-7-9-15-12(3)10-11-16(20(6)18)17(15)14(8-2)13(4)19-5;1-7-9-15-12(3)10-11-16(19-6)17(15)14(8-2)13(4)18-5;1-5-6-12-9(2)7-8-13-15(12)14(10(3)16)11(4)17-13;1-5-11-13-8(2)6-7-12-15(13)14(9(3)16-11)10(4)17-12;1-5-6-11-9(2)7-8-12(13-4)10(11)3;1-4-6(8(9)10)7(5-2)11-3;;;;/h7-11H,1,3-4H2,2,5-6H3;7-11H,1,3-4H2,2,5-6H3;5-8,16H,1-2,4H2,3H3;5-7H,1-2,4H2,3H3;5-8H,1-2H2,3-4H3;4-5,9-10H,1-2H2,3H3;4*1H4/b2*14-8+,15-9+;12-6+,14-10-;;11-6+;7-6-;;;;. The number of benzene rings is 5. The van der Waals surface area contributed by atoms with E-state index in [0.29, 0.717) is 23.0 Å². The van der Waals surface area contributed by atoms with Crippen LogP contribution in [0.4, 0.5) is 0 Å². The number of thiophene rings is 2. The molecular weight excluding hydrogens is 1360 g/mol. The summed E-state index contributed by atoms with van der Waals surface area (Å²) in [6.07, 6.45) is 29.1. The van der Waals surface area contributed by atoms with Crippen molar-refractivity contribution in [3.63, 3.8) is 0 Å². The second-order valence-electron chi connectivity index (χ2n) is 20.8. The monoisotopic (exact) mass is 1470 g/mol. The summed E-state index contributed by atoms with van der Waals surface area (Å²) >= 11 is 8.58. The van der Waals surface area contributed by atoms with Crippen LogP contribution < -0.4 is 71.7 Å². The van der Waals surface area contributed by atoms with Crippen LogP contribution in [0.5, 0.6) is 0 Å².